The third-order valence-corrected chi connectivity index (χ3v) is 2.32. The second kappa shape index (κ2) is 4.47. The fourth-order valence-corrected chi connectivity index (χ4v) is 1.68. The van der Waals surface area contributed by atoms with Crippen LogP contribution in [-0.4, -0.2) is 18.0 Å². The summed E-state index contributed by atoms with van der Waals surface area (Å²) in [5, 5.41) is 1.02. The lowest BCUT2D eigenvalue weighted by Gasteiger charge is -2.06. The van der Waals surface area contributed by atoms with Gasteiger partial charge in [-0.25, -0.2) is 10.5 Å². The zero-order valence-electron chi connectivity index (χ0n) is 8.53. The molecule has 0 aliphatic heterocycles. The zero-order chi connectivity index (χ0) is 11.5. The van der Waals surface area contributed by atoms with E-state index in [0.717, 1.165) is 5.39 Å². The summed E-state index contributed by atoms with van der Waals surface area (Å²) in [6, 6.07) is 8.79. The highest BCUT2D eigenvalue weighted by molar-refractivity contribution is 6.30. The van der Waals surface area contributed by atoms with Crippen LogP contribution in [0.2, 0.25) is 5.15 Å². The second-order valence-corrected chi connectivity index (χ2v) is 3.53. The summed E-state index contributed by atoms with van der Waals surface area (Å²) in [6.07, 6.45) is 0. The fraction of sp³-hybridized carbons (Fsp3) is 0.0909. The Labute approximate surface area is 97.1 Å². The van der Waals surface area contributed by atoms with Crippen molar-refractivity contribution < 1.29 is 9.63 Å². The van der Waals surface area contributed by atoms with Crippen molar-refractivity contribution >= 4 is 28.4 Å². The van der Waals surface area contributed by atoms with Crippen molar-refractivity contribution in [2.75, 3.05) is 7.11 Å². The number of aromatic nitrogens is 1. The van der Waals surface area contributed by atoms with Crippen LogP contribution in [0, 0.1) is 0 Å². The van der Waals surface area contributed by atoms with Crippen LogP contribution >= 0.6 is 11.6 Å². The number of fused-ring (bicyclic) bond motifs is 1. The molecule has 5 heteroatoms. The lowest BCUT2D eigenvalue weighted by atomic mass is 10.1. The van der Waals surface area contributed by atoms with Crippen molar-refractivity contribution in [1.29, 1.82) is 0 Å². The molecule has 0 saturated carbocycles. The number of rotatable bonds is 2. The van der Waals surface area contributed by atoms with Crippen LogP contribution in [0.15, 0.2) is 30.3 Å². The zero-order valence-corrected chi connectivity index (χ0v) is 9.28. The van der Waals surface area contributed by atoms with Gasteiger partial charge in [0, 0.05) is 5.39 Å². The molecule has 1 amide bonds. The van der Waals surface area contributed by atoms with Crippen molar-refractivity contribution in [3.05, 3.63) is 41.0 Å². The van der Waals surface area contributed by atoms with Crippen molar-refractivity contribution in [3.63, 3.8) is 0 Å². The molecule has 1 aromatic heterocycles. The highest BCUT2D eigenvalue weighted by atomic mass is 35.5. The van der Waals surface area contributed by atoms with Crippen LogP contribution in [0.1, 0.15) is 10.4 Å². The minimum absolute atomic E-state index is 0.278. The molecule has 0 unspecified atom stereocenters. The highest BCUT2D eigenvalue weighted by Crippen LogP contribution is 2.20. The van der Waals surface area contributed by atoms with E-state index in [1.165, 1.54) is 13.2 Å². The predicted molar refractivity (Wildman–Crippen MR) is 61.2 cm³/mol. The molecule has 1 aromatic carbocycles. The first kappa shape index (κ1) is 10.9. The molecule has 1 heterocycles. The molecule has 82 valence electrons. The molecule has 0 aliphatic rings. The summed E-state index contributed by atoms with van der Waals surface area (Å²) in [7, 11) is 1.38. The number of nitrogens with one attached hydrogen (secondary N) is 1. The van der Waals surface area contributed by atoms with Crippen molar-refractivity contribution in [2.45, 2.75) is 0 Å². The van der Waals surface area contributed by atoms with Crippen LogP contribution in [0.5, 0.6) is 0 Å². The molecule has 0 spiro atoms. The first-order chi connectivity index (χ1) is 7.72. The predicted octanol–water partition coefficient (Wildman–Crippen LogP) is 2.18. The largest absolute Gasteiger partial charge is 0.277 e. The average molecular weight is 237 g/mol. The summed E-state index contributed by atoms with van der Waals surface area (Å²) < 4.78 is 0. The molecule has 0 bridgehead atoms. The van der Waals surface area contributed by atoms with Gasteiger partial charge in [0.1, 0.15) is 5.15 Å². The van der Waals surface area contributed by atoms with Crippen molar-refractivity contribution in [2.24, 2.45) is 0 Å². The molecule has 0 saturated heterocycles. The molecule has 0 aliphatic carbocycles. The lowest BCUT2D eigenvalue weighted by Crippen LogP contribution is -2.22. The summed E-state index contributed by atoms with van der Waals surface area (Å²) in [6.45, 7) is 0. The quantitative estimate of drug-likeness (QED) is 0.642. The molecular formula is C11H9ClN2O2. The van der Waals surface area contributed by atoms with Crippen LogP contribution in [0.4, 0.5) is 0 Å². The highest BCUT2D eigenvalue weighted by Gasteiger charge is 2.11. The third kappa shape index (κ3) is 1.98. The van der Waals surface area contributed by atoms with Gasteiger partial charge >= 0.3 is 0 Å². The summed E-state index contributed by atoms with van der Waals surface area (Å²) in [4.78, 5) is 20.4. The van der Waals surface area contributed by atoms with Gasteiger partial charge in [0.25, 0.3) is 5.91 Å². The Morgan fingerprint density at radius 3 is 2.94 bits per heavy atom. The van der Waals surface area contributed by atoms with E-state index in [1.54, 1.807) is 6.07 Å². The van der Waals surface area contributed by atoms with Gasteiger partial charge in [0.2, 0.25) is 0 Å². The van der Waals surface area contributed by atoms with Gasteiger partial charge in [0.05, 0.1) is 18.2 Å². The fourth-order valence-electron chi connectivity index (χ4n) is 1.48. The van der Waals surface area contributed by atoms with Gasteiger partial charge in [-0.1, -0.05) is 29.8 Å². The molecule has 2 aromatic rings. The van der Waals surface area contributed by atoms with E-state index >= 15 is 0 Å². The Balaban J connectivity index is 2.63. The number of hydrogen-bond acceptors (Lipinski definition) is 3. The Hall–Kier alpha value is -1.65. The number of hydroxylamine groups is 1. The van der Waals surface area contributed by atoms with Gasteiger partial charge in [-0.15, -0.1) is 0 Å². The second-order valence-electron chi connectivity index (χ2n) is 3.14. The van der Waals surface area contributed by atoms with E-state index in [0.29, 0.717) is 11.1 Å². The Morgan fingerprint density at radius 1 is 1.44 bits per heavy atom. The molecule has 2 rings (SSSR count). The number of nitrogens with zero attached hydrogens (tertiary/aromatic N) is 1. The first-order valence-electron chi connectivity index (χ1n) is 4.61. The number of pyridine rings is 1. The number of carbonyl (C=O) groups excluding carboxylic acids is 1. The molecule has 1 N–H and O–H groups in total. The number of halogens is 1. The van der Waals surface area contributed by atoms with E-state index in [9.17, 15) is 4.79 Å². The van der Waals surface area contributed by atoms with Crippen molar-refractivity contribution in [3.8, 4) is 0 Å². The average Bonchev–Trinajstić information content (AvgIpc) is 2.28. The monoisotopic (exact) mass is 236 g/mol. The molecule has 16 heavy (non-hydrogen) atoms. The van der Waals surface area contributed by atoms with Gasteiger partial charge in [-0.3, -0.25) is 9.63 Å². The minimum Gasteiger partial charge on any atom is -0.277 e. The van der Waals surface area contributed by atoms with Gasteiger partial charge in [0.15, 0.2) is 0 Å². The SMILES string of the molecule is CONC(=O)c1cc(Cl)nc2ccccc12. The van der Waals surface area contributed by atoms with Crippen LogP contribution in [0.3, 0.4) is 0 Å². The number of para-hydroxylation sites is 1. The number of carbonyl (C=O) groups is 1. The number of benzene rings is 1. The molecule has 4 nitrogen and oxygen atoms in total. The van der Waals surface area contributed by atoms with Gasteiger partial charge < -0.3 is 0 Å². The minimum atomic E-state index is -0.344. The number of amides is 1. The maximum atomic E-state index is 11.7. The van der Waals surface area contributed by atoms with Crippen LogP contribution in [0.25, 0.3) is 10.9 Å². The molecular weight excluding hydrogens is 228 g/mol. The van der Waals surface area contributed by atoms with E-state index in [1.807, 2.05) is 18.2 Å². The van der Waals surface area contributed by atoms with Crippen LogP contribution in [-0.2, 0) is 4.84 Å². The Kier molecular flexibility index (Phi) is 3.03. The van der Waals surface area contributed by atoms with E-state index in [2.05, 4.69) is 15.3 Å². The molecule has 0 radical (unpaired) electrons. The lowest BCUT2D eigenvalue weighted by molar-refractivity contribution is 0.0539. The summed E-state index contributed by atoms with van der Waals surface area (Å²) in [5.41, 5.74) is 3.37. The standard InChI is InChI=1S/C11H9ClN2O2/c1-16-14-11(15)8-6-10(12)13-9-5-3-2-4-7(8)9/h2-6H,1H3,(H,14,15). The van der Waals surface area contributed by atoms with E-state index in [-0.39, 0.29) is 11.1 Å². The van der Waals surface area contributed by atoms with Crippen molar-refractivity contribution in [1.82, 2.24) is 10.5 Å². The normalized spacial score (nSPS) is 10.4. The summed E-state index contributed by atoms with van der Waals surface area (Å²) >= 11 is 5.84. The topological polar surface area (TPSA) is 51.2 Å². The van der Waals surface area contributed by atoms with Crippen LogP contribution < -0.4 is 5.48 Å². The smallest absolute Gasteiger partial charge is 0.275 e. The van der Waals surface area contributed by atoms with Gasteiger partial charge in [-0.2, -0.15) is 0 Å². The van der Waals surface area contributed by atoms with E-state index in [4.69, 9.17) is 11.6 Å². The maximum absolute atomic E-state index is 11.7. The Morgan fingerprint density at radius 2 is 2.19 bits per heavy atom. The maximum Gasteiger partial charge on any atom is 0.275 e. The molecule has 0 fully saturated rings. The van der Waals surface area contributed by atoms with E-state index < -0.39 is 0 Å². The number of hydrogen-bond donors (Lipinski definition) is 1. The Bertz CT molecular complexity index is 542. The third-order valence-electron chi connectivity index (χ3n) is 2.12. The summed E-state index contributed by atoms with van der Waals surface area (Å²) in [5.74, 6) is -0.344. The first-order valence-corrected chi connectivity index (χ1v) is 4.99. The molecule has 0 atom stereocenters. The van der Waals surface area contributed by atoms with Gasteiger partial charge in [-0.05, 0) is 12.1 Å².